The van der Waals surface area contributed by atoms with Gasteiger partial charge in [-0.2, -0.15) is 13.2 Å². The molecule has 2 aromatic heterocycles. The van der Waals surface area contributed by atoms with E-state index in [4.69, 9.17) is 8.83 Å². The Hall–Kier alpha value is -3.33. The van der Waals surface area contributed by atoms with Gasteiger partial charge in [0.25, 0.3) is 0 Å². The summed E-state index contributed by atoms with van der Waals surface area (Å²) in [5, 5.41) is 3.90. The molecule has 0 radical (unpaired) electrons. The lowest BCUT2D eigenvalue weighted by atomic mass is 10.1. The summed E-state index contributed by atoms with van der Waals surface area (Å²) in [5.74, 6) is -0.205. The number of hydrogen-bond donors (Lipinski definition) is 1. The molecule has 1 saturated heterocycles. The van der Waals surface area contributed by atoms with Gasteiger partial charge in [-0.3, -0.25) is 0 Å². The summed E-state index contributed by atoms with van der Waals surface area (Å²) in [7, 11) is 0. The van der Waals surface area contributed by atoms with Crippen LogP contribution in [0.5, 0.6) is 0 Å². The lowest BCUT2D eigenvalue weighted by Crippen LogP contribution is -2.43. The molecule has 0 bridgehead atoms. The number of para-hydroxylation sites is 1. The third-order valence-electron chi connectivity index (χ3n) is 5.15. The maximum atomic E-state index is 13.2. The first-order valence-electron chi connectivity index (χ1n) is 9.41. The zero-order valence-corrected chi connectivity index (χ0v) is 15.6. The Morgan fingerprint density at radius 2 is 1.83 bits per heavy atom. The first-order valence-corrected chi connectivity index (χ1v) is 9.41. The number of halogens is 3. The van der Waals surface area contributed by atoms with E-state index in [0.717, 1.165) is 37.9 Å². The molecule has 1 aliphatic rings. The topological polar surface area (TPSA) is 71.5 Å². The summed E-state index contributed by atoms with van der Waals surface area (Å²) in [4.78, 5) is 18.8. The Kier molecular flexibility index (Phi) is 4.28. The largest absolute Gasteiger partial charge is 0.435 e. The van der Waals surface area contributed by atoms with Crippen molar-refractivity contribution in [2.24, 2.45) is 0 Å². The molecule has 1 fully saturated rings. The van der Waals surface area contributed by atoms with Crippen LogP contribution in [0.3, 0.4) is 0 Å². The van der Waals surface area contributed by atoms with Crippen molar-refractivity contribution in [2.45, 2.75) is 6.18 Å². The Labute approximate surface area is 167 Å². The molecule has 2 aromatic carbocycles. The highest BCUT2D eigenvalue weighted by Gasteiger charge is 2.35. The molecule has 30 heavy (non-hydrogen) atoms. The van der Waals surface area contributed by atoms with Gasteiger partial charge < -0.3 is 19.1 Å². The third kappa shape index (κ3) is 3.21. The normalized spacial score (nSPS) is 15.2. The summed E-state index contributed by atoms with van der Waals surface area (Å²) in [6.45, 7) is 3.44. The second-order valence-electron chi connectivity index (χ2n) is 7.08. The molecule has 1 N–H and O–H groups in total. The van der Waals surface area contributed by atoms with Crippen LogP contribution < -0.4 is 15.8 Å². The van der Waals surface area contributed by atoms with E-state index in [0.29, 0.717) is 11.0 Å². The number of nitrogens with one attached hydrogen (secondary N) is 1. The fraction of sp³-hybridized carbons (Fsp3) is 0.238. The zero-order valence-electron chi connectivity index (χ0n) is 15.6. The lowest BCUT2D eigenvalue weighted by Gasteiger charge is -2.29. The van der Waals surface area contributed by atoms with Crippen molar-refractivity contribution in [1.29, 1.82) is 0 Å². The first-order chi connectivity index (χ1) is 14.4. The smallest absolute Gasteiger partial charge is 0.420 e. The number of nitrogens with zero attached hydrogens (tertiary/aromatic N) is 2. The lowest BCUT2D eigenvalue weighted by molar-refractivity contribution is -0.136. The van der Waals surface area contributed by atoms with Gasteiger partial charge in [0.1, 0.15) is 22.2 Å². The van der Waals surface area contributed by atoms with E-state index in [-0.39, 0.29) is 17.0 Å². The van der Waals surface area contributed by atoms with Crippen molar-refractivity contribution in [2.75, 3.05) is 31.1 Å². The summed E-state index contributed by atoms with van der Waals surface area (Å²) >= 11 is 0. The number of oxazole rings is 1. The van der Waals surface area contributed by atoms with E-state index >= 15 is 0 Å². The minimum Gasteiger partial charge on any atom is -0.435 e. The number of benzene rings is 2. The molecular formula is C21H16F3N3O3. The molecule has 5 rings (SSSR count). The minimum atomic E-state index is -4.59. The summed E-state index contributed by atoms with van der Waals surface area (Å²) in [6, 6.07) is 10.6. The highest BCUT2D eigenvalue weighted by atomic mass is 19.4. The van der Waals surface area contributed by atoms with Crippen molar-refractivity contribution in [1.82, 2.24) is 10.3 Å². The van der Waals surface area contributed by atoms with Crippen molar-refractivity contribution >= 4 is 27.8 Å². The molecule has 6 nitrogen and oxygen atoms in total. The summed E-state index contributed by atoms with van der Waals surface area (Å²) in [5.41, 5.74) is -0.739. The van der Waals surface area contributed by atoms with E-state index in [2.05, 4.69) is 15.2 Å². The summed E-state index contributed by atoms with van der Waals surface area (Å²) in [6.07, 6.45) is -4.59. The van der Waals surface area contributed by atoms with Crippen LogP contribution in [-0.4, -0.2) is 31.2 Å². The van der Waals surface area contributed by atoms with Gasteiger partial charge in [0, 0.05) is 43.3 Å². The van der Waals surface area contributed by atoms with E-state index in [1.54, 1.807) is 6.07 Å². The number of anilines is 1. The zero-order chi connectivity index (χ0) is 20.9. The number of alkyl halides is 3. The van der Waals surface area contributed by atoms with Gasteiger partial charge in [-0.1, -0.05) is 6.07 Å². The molecule has 0 amide bonds. The standard InChI is InChI=1S/C21H16F3N3O3/c22-21(23,24)15-2-1-3-16-18(15)30-19(26-16)14-10-12-4-5-13(11-17(12)29-20(14)28)27-8-6-25-7-9-27/h1-5,10-11,25H,6-9H2. The van der Waals surface area contributed by atoms with Crippen LogP contribution in [0.25, 0.3) is 33.5 Å². The fourth-order valence-electron chi connectivity index (χ4n) is 3.66. The maximum Gasteiger partial charge on any atom is 0.420 e. The average molecular weight is 415 g/mol. The molecule has 3 heterocycles. The van der Waals surface area contributed by atoms with E-state index < -0.39 is 22.9 Å². The highest BCUT2D eigenvalue weighted by Crippen LogP contribution is 2.36. The van der Waals surface area contributed by atoms with Crippen molar-refractivity contribution in [3.8, 4) is 11.5 Å². The molecule has 1 aliphatic heterocycles. The van der Waals surface area contributed by atoms with Gasteiger partial charge >= 0.3 is 11.8 Å². The highest BCUT2D eigenvalue weighted by molar-refractivity contribution is 5.85. The fourth-order valence-corrected chi connectivity index (χ4v) is 3.66. The van der Waals surface area contributed by atoms with Gasteiger partial charge in [0.15, 0.2) is 5.58 Å². The number of hydrogen-bond acceptors (Lipinski definition) is 6. The van der Waals surface area contributed by atoms with Crippen molar-refractivity contribution in [3.63, 3.8) is 0 Å². The van der Waals surface area contributed by atoms with Crippen LogP contribution in [0.15, 0.2) is 56.1 Å². The number of aromatic nitrogens is 1. The molecule has 154 valence electrons. The predicted octanol–water partition coefficient (Wildman–Crippen LogP) is 4.03. The van der Waals surface area contributed by atoms with Gasteiger partial charge in [0.2, 0.25) is 5.89 Å². The number of piperazine rings is 1. The molecule has 0 unspecified atom stereocenters. The molecule has 0 saturated carbocycles. The Morgan fingerprint density at radius 1 is 1.03 bits per heavy atom. The SMILES string of the molecule is O=c1oc2cc(N3CCNCC3)ccc2cc1-c1nc2cccc(C(F)(F)F)c2o1. The van der Waals surface area contributed by atoms with Crippen LogP contribution in [-0.2, 0) is 6.18 Å². The Bertz CT molecular complexity index is 1300. The monoisotopic (exact) mass is 415 g/mol. The van der Waals surface area contributed by atoms with Gasteiger partial charge in [-0.05, 0) is 30.3 Å². The van der Waals surface area contributed by atoms with Crippen LogP contribution in [0.1, 0.15) is 5.56 Å². The van der Waals surface area contributed by atoms with E-state index in [1.807, 2.05) is 12.1 Å². The van der Waals surface area contributed by atoms with Crippen LogP contribution >= 0.6 is 0 Å². The first kappa shape index (κ1) is 18.7. The third-order valence-corrected chi connectivity index (χ3v) is 5.15. The number of rotatable bonds is 2. The Balaban J connectivity index is 1.59. The second kappa shape index (κ2) is 6.88. The molecule has 4 aromatic rings. The Morgan fingerprint density at radius 3 is 2.60 bits per heavy atom. The van der Waals surface area contributed by atoms with Crippen LogP contribution in [0, 0.1) is 0 Å². The average Bonchev–Trinajstić information content (AvgIpc) is 3.16. The minimum absolute atomic E-state index is 0.0216. The molecule has 0 aliphatic carbocycles. The van der Waals surface area contributed by atoms with Gasteiger partial charge in [0.05, 0.1) is 0 Å². The number of fused-ring (bicyclic) bond motifs is 2. The van der Waals surface area contributed by atoms with Crippen LogP contribution in [0.4, 0.5) is 18.9 Å². The van der Waals surface area contributed by atoms with E-state index in [1.165, 1.54) is 18.2 Å². The second-order valence-corrected chi connectivity index (χ2v) is 7.08. The van der Waals surface area contributed by atoms with Crippen molar-refractivity contribution in [3.05, 3.63) is 58.4 Å². The maximum absolute atomic E-state index is 13.2. The van der Waals surface area contributed by atoms with Gasteiger partial charge in [-0.25, -0.2) is 9.78 Å². The van der Waals surface area contributed by atoms with Crippen LogP contribution in [0.2, 0.25) is 0 Å². The molecule has 9 heteroatoms. The predicted molar refractivity (Wildman–Crippen MR) is 106 cm³/mol. The molecule has 0 atom stereocenters. The molecule has 0 spiro atoms. The molecular weight excluding hydrogens is 399 g/mol. The van der Waals surface area contributed by atoms with Gasteiger partial charge in [-0.15, -0.1) is 0 Å². The van der Waals surface area contributed by atoms with E-state index in [9.17, 15) is 18.0 Å². The van der Waals surface area contributed by atoms with Crippen molar-refractivity contribution < 1.29 is 22.0 Å². The summed E-state index contributed by atoms with van der Waals surface area (Å²) < 4.78 is 50.5. The quantitative estimate of drug-likeness (QED) is 0.499.